The highest BCUT2D eigenvalue weighted by molar-refractivity contribution is 6.01. The molecule has 0 aliphatic heterocycles. The summed E-state index contributed by atoms with van der Waals surface area (Å²) in [5.41, 5.74) is 0.726. The third-order valence-electron chi connectivity index (χ3n) is 6.85. The summed E-state index contributed by atoms with van der Waals surface area (Å²) in [7, 11) is 0. The topological polar surface area (TPSA) is 108 Å². The first kappa shape index (κ1) is 28.7. The molecule has 0 saturated heterocycles. The molecule has 0 radical (unpaired) electrons. The summed E-state index contributed by atoms with van der Waals surface area (Å²) in [6.07, 6.45) is 7.21. The third-order valence-corrected chi connectivity index (χ3v) is 6.85. The van der Waals surface area contributed by atoms with Gasteiger partial charge in [-0.3, -0.25) is 9.59 Å². The molecule has 1 aliphatic carbocycles. The number of rotatable bonds is 8. The number of amides is 3. The SMILES string of the molecule is C#Cc1ccccc1C(C(=O)Nc1ccc2ccccc2c1)N(C(=O)C(CO)NC(=O)OC(C)(C)C)C1CCC1. The number of terminal acetylenes is 1. The Labute approximate surface area is 234 Å². The second kappa shape index (κ2) is 12.2. The van der Waals surface area contributed by atoms with E-state index in [2.05, 4.69) is 16.6 Å². The average Bonchev–Trinajstić information content (AvgIpc) is 2.89. The first-order valence-corrected chi connectivity index (χ1v) is 13.4. The minimum Gasteiger partial charge on any atom is -0.444 e. The molecule has 3 N–H and O–H groups in total. The Morgan fingerprint density at radius 1 is 1.05 bits per heavy atom. The number of hydrogen-bond donors (Lipinski definition) is 3. The second-order valence-corrected chi connectivity index (χ2v) is 10.9. The molecular formula is C32H35N3O5. The summed E-state index contributed by atoms with van der Waals surface area (Å²) in [4.78, 5) is 42.1. The molecule has 3 aromatic carbocycles. The fourth-order valence-corrected chi connectivity index (χ4v) is 4.76. The molecule has 4 rings (SSSR count). The van der Waals surface area contributed by atoms with E-state index < -0.39 is 42.2 Å². The Balaban J connectivity index is 1.72. The van der Waals surface area contributed by atoms with Crippen molar-refractivity contribution in [1.29, 1.82) is 0 Å². The van der Waals surface area contributed by atoms with E-state index >= 15 is 0 Å². The lowest BCUT2D eigenvalue weighted by molar-refractivity contribution is -0.146. The highest BCUT2D eigenvalue weighted by Crippen LogP contribution is 2.35. The van der Waals surface area contributed by atoms with Crippen molar-refractivity contribution in [3.05, 3.63) is 77.9 Å². The summed E-state index contributed by atoms with van der Waals surface area (Å²) in [6.45, 7) is 4.43. The maximum Gasteiger partial charge on any atom is 0.408 e. The number of fused-ring (bicyclic) bond motifs is 1. The number of carbonyl (C=O) groups excluding carboxylic acids is 3. The van der Waals surface area contributed by atoms with Crippen molar-refractivity contribution in [2.45, 2.75) is 63.8 Å². The third kappa shape index (κ3) is 6.61. The smallest absolute Gasteiger partial charge is 0.408 e. The normalized spacial score (nSPS) is 14.8. The van der Waals surface area contributed by atoms with Gasteiger partial charge in [-0.1, -0.05) is 54.5 Å². The molecule has 208 valence electrons. The van der Waals surface area contributed by atoms with Crippen LogP contribution in [0.3, 0.4) is 0 Å². The largest absolute Gasteiger partial charge is 0.444 e. The summed E-state index contributed by atoms with van der Waals surface area (Å²) in [6, 6.07) is 17.7. The Bertz CT molecular complexity index is 1430. The predicted molar refractivity (Wildman–Crippen MR) is 154 cm³/mol. The van der Waals surface area contributed by atoms with Crippen LogP contribution in [-0.2, 0) is 14.3 Å². The zero-order chi connectivity index (χ0) is 28.9. The van der Waals surface area contributed by atoms with Crippen LogP contribution in [0.1, 0.15) is 57.2 Å². The monoisotopic (exact) mass is 541 g/mol. The van der Waals surface area contributed by atoms with Gasteiger partial charge in [-0.05, 0) is 74.6 Å². The predicted octanol–water partition coefficient (Wildman–Crippen LogP) is 4.77. The number of nitrogens with one attached hydrogen (secondary N) is 2. The first-order chi connectivity index (χ1) is 19.1. The van der Waals surface area contributed by atoms with Crippen LogP contribution in [0.4, 0.5) is 10.5 Å². The number of aliphatic hydroxyl groups excluding tert-OH is 1. The molecule has 0 aromatic heterocycles. The number of hydrogen-bond acceptors (Lipinski definition) is 5. The number of carbonyl (C=O) groups is 3. The number of alkyl carbamates (subject to hydrolysis) is 1. The number of anilines is 1. The van der Waals surface area contributed by atoms with Crippen molar-refractivity contribution in [2.24, 2.45) is 0 Å². The van der Waals surface area contributed by atoms with E-state index in [0.717, 1.165) is 17.2 Å². The fourth-order valence-electron chi connectivity index (χ4n) is 4.76. The van der Waals surface area contributed by atoms with Crippen LogP contribution < -0.4 is 10.6 Å². The summed E-state index contributed by atoms with van der Waals surface area (Å²) < 4.78 is 5.31. The van der Waals surface area contributed by atoms with Crippen molar-refractivity contribution in [3.63, 3.8) is 0 Å². The van der Waals surface area contributed by atoms with Crippen LogP contribution in [0.2, 0.25) is 0 Å². The van der Waals surface area contributed by atoms with Gasteiger partial charge in [0.15, 0.2) is 0 Å². The van der Waals surface area contributed by atoms with E-state index in [1.165, 1.54) is 4.90 Å². The Hall–Kier alpha value is -4.35. The van der Waals surface area contributed by atoms with Crippen LogP contribution in [0.25, 0.3) is 10.8 Å². The molecule has 3 aromatic rings. The van der Waals surface area contributed by atoms with Crippen molar-refractivity contribution in [1.82, 2.24) is 10.2 Å². The number of benzene rings is 3. The molecule has 2 unspecified atom stereocenters. The Morgan fingerprint density at radius 3 is 2.35 bits per heavy atom. The molecule has 0 bridgehead atoms. The first-order valence-electron chi connectivity index (χ1n) is 13.4. The maximum absolute atomic E-state index is 14.1. The van der Waals surface area contributed by atoms with Gasteiger partial charge in [-0.2, -0.15) is 0 Å². The molecule has 1 aliphatic rings. The van der Waals surface area contributed by atoms with E-state index in [4.69, 9.17) is 11.2 Å². The van der Waals surface area contributed by atoms with Crippen LogP contribution in [0.15, 0.2) is 66.7 Å². The molecular weight excluding hydrogens is 506 g/mol. The van der Waals surface area contributed by atoms with Gasteiger partial charge >= 0.3 is 6.09 Å². The minimum absolute atomic E-state index is 0.278. The van der Waals surface area contributed by atoms with E-state index in [1.807, 2.05) is 36.4 Å². The molecule has 2 atom stereocenters. The van der Waals surface area contributed by atoms with Gasteiger partial charge in [-0.25, -0.2) is 4.79 Å². The van der Waals surface area contributed by atoms with E-state index in [9.17, 15) is 19.5 Å². The lowest BCUT2D eigenvalue weighted by Gasteiger charge is -2.43. The zero-order valence-electron chi connectivity index (χ0n) is 23.0. The van der Waals surface area contributed by atoms with Gasteiger partial charge in [0, 0.05) is 17.3 Å². The number of nitrogens with zero attached hydrogens (tertiary/aromatic N) is 1. The highest BCUT2D eigenvalue weighted by atomic mass is 16.6. The fraction of sp³-hybridized carbons (Fsp3) is 0.344. The van der Waals surface area contributed by atoms with Gasteiger partial charge < -0.3 is 25.4 Å². The van der Waals surface area contributed by atoms with Crippen LogP contribution in [0, 0.1) is 12.3 Å². The maximum atomic E-state index is 14.1. The number of ether oxygens (including phenoxy) is 1. The zero-order valence-corrected chi connectivity index (χ0v) is 23.0. The van der Waals surface area contributed by atoms with Crippen molar-refractivity contribution < 1.29 is 24.2 Å². The van der Waals surface area contributed by atoms with Crippen LogP contribution >= 0.6 is 0 Å². The summed E-state index contributed by atoms with van der Waals surface area (Å²) >= 11 is 0. The second-order valence-electron chi connectivity index (χ2n) is 10.9. The lowest BCUT2D eigenvalue weighted by atomic mass is 9.87. The van der Waals surface area contributed by atoms with E-state index in [1.54, 1.807) is 51.1 Å². The van der Waals surface area contributed by atoms with Gasteiger partial charge in [0.1, 0.15) is 17.7 Å². The number of aliphatic hydroxyl groups is 1. The van der Waals surface area contributed by atoms with Crippen molar-refractivity contribution in [3.8, 4) is 12.3 Å². The standard InChI is InChI=1S/C32H35N3O5/c1-5-21-11-8-9-16-26(21)28(29(37)33-24-18-17-22-12-6-7-13-23(22)19-24)35(25-14-10-15-25)30(38)27(20-36)34-31(39)40-32(2,3)4/h1,6-9,11-13,16-19,25,27-28,36H,10,14-15,20H2,2-4H3,(H,33,37)(H,34,39). The Morgan fingerprint density at radius 2 is 1.73 bits per heavy atom. The van der Waals surface area contributed by atoms with Gasteiger partial charge in [-0.15, -0.1) is 6.42 Å². The summed E-state index contributed by atoms with van der Waals surface area (Å²) in [5, 5.41) is 17.6. The van der Waals surface area contributed by atoms with E-state index in [0.29, 0.717) is 29.7 Å². The molecule has 8 heteroatoms. The van der Waals surface area contributed by atoms with Gasteiger partial charge in [0.25, 0.3) is 5.91 Å². The minimum atomic E-state index is -1.32. The van der Waals surface area contributed by atoms with Gasteiger partial charge in [0.05, 0.1) is 6.61 Å². The van der Waals surface area contributed by atoms with Crippen molar-refractivity contribution >= 4 is 34.4 Å². The quantitative estimate of drug-likeness (QED) is 0.356. The molecule has 0 heterocycles. The van der Waals surface area contributed by atoms with E-state index in [-0.39, 0.29) is 6.04 Å². The molecule has 1 saturated carbocycles. The van der Waals surface area contributed by atoms with Gasteiger partial charge in [0.2, 0.25) is 5.91 Å². The van der Waals surface area contributed by atoms with Crippen LogP contribution in [0.5, 0.6) is 0 Å². The van der Waals surface area contributed by atoms with Crippen molar-refractivity contribution in [2.75, 3.05) is 11.9 Å². The molecule has 40 heavy (non-hydrogen) atoms. The van der Waals surface area contributed by atoms with Crippen LogP contribution in [-0.4, -0.2) is 52.2 Å². The molecule has 8 nitrogen and oxygen atoms in total. The average molecular weight is 542 g/mol. The summed E-state index contributed by atoms with van der Waals surface area (Å²) in [5.74, 6) is 1.59. The lowest BCUT2D eigenvalue weighted by Crippen LogP contribution is -2.58. The Kier molecular flexibility index (Phi) is 8.76. The highest BCUT2D eigenvalue weighted by Gasteiger charge is 2.42. The molecule has 1 fully saturated rings. The molecule has 3 amide bonds. The molecule has 0 spiro atoms.